The Bertz CT molecular complexity index is 3800. The summed E-state index contributed by atoms with van der Waals surface area (Å²) < 4.78 is 59.6. The van der Waals surface area contributed by atoms with Gasteiger partial charge in [0.2, 0.25) is 0 Å². The molecule has 9 rings (SSSR count). The molecule has 718 valence electrons. The smallest absolute Gasteiger partial charge is 0.744 e. The van der Waals surface area contributed by atoms with E-state index in [1.54, 1.807) is 32.0 Å². The van der Waals surface area contributed by atoms with Crippen LogP contribution in [-0.2, 0) is 72.2 Å². The molecule has 0 bridgehead atoms. The second-order valence-corrected chi connectivity index (χ2v) is 38.1. The van der Waals surface area contributed by atoms with Gasteiger partial charge in [-0.15, -0.1) is 58.8 Å². The number of aromatic nitrogens is 4. The van der Waals surface area contributed by atoms with Crippen molar-refractivity contribution < 1.29 is 192 Å². The van der Waals surface area contributed by atoms with Gasteiger partial charge >= 0.3 is 29.6 Å². The number of carbonyl (C=O) groups excluding carboxylic acids is 5. The molecule has 28 atom stereocenters. The van der Waals surface area contributed by atoms with Crippen molar-refractivity contribution in [1.82, 2.24) is 19.9 Å². The first kappa shape index (κ1) is 116. The number of hydrogen-bond acceptors (Lipinski definition) is 43. The molecule has 25 unspecified atom stereocenters. The normalized spacial score (nSPS) is 30.2. The minimum atomic E-state index is -4.54. The summed E-state index contributed by atoms with van der Waals surface area (Å²) in [6.45, 7) is -0.552. The summed E-state index contributed by atoms with van der Waals surface area (Å²) in [6, 6.07) is 13.0. The second kappa shape index (κ2) is 61.7. The van der Waals surface area contributed by atoms with Gasteiger partial charge in [-0.1, -0.05) is 42.5 Å². The molecule has 5 aliphatic rings. The van der Waals surface area contributed by atoms with Gasteiger partial charge in [-0.25, -0.2) is 18.4 Å². The zero-order valence-corrected chi connectivity index (χ0v) is 77.7. The van der Waals surface area contributed by atoms with Crippen LogP contribution in [0.25, 0.3) is 0 Å². The number of hydrogen-bond donors (Lipinski definition) is 25. The average Bonchev–Trinajstić information content (AvgIpc) is 1.18. The maximum absolute atomic E-state index is 12.1. The van der Waals surface area contributed by atoms with E-state index in [2.05, 4.69) is 19.9 Å². The molecule has 0 radical (unpaired) electrons. The number of ether oxygens (including phenoxy) is 5. The van der Waals surface area contributed by atoms with E-state index in [0.29, 0.717) is 118 Å². The van der Waals surface area contributed by atoms with E-state index in [0.717, 1.165) is 54.8 Å². The molecule has 5 fully saturated rings. The predicted molar refractivity (Wildman–Crippen MR) is 463 cm³/mol. The summed E-state index contributed by atoms with van der Waals surface area (Å²) in [5, 5.41) is 192. The van der Waals surface area contributed by atoms with Gasteiger partial charge in [0.1, 0.15) is 183 Å². The number of thioether (sulfide) groups is 5. The minimum Gasteiger partial charge on any atom is -0.744 e. The molecule has 5 saturated heterocycles. The molecule has 2 aromatic heterocycles. The molecule has 2 aromatic carbocycles. The standard InChI is InChI=1S/C19H29NO6S.C17H24O9S2.C16H27N3O6S.C15H24N2O6S.C13H25NO6S.Na/c20-13(10-12-6-2-1-3-7-12)14(22)8-4-5-9-27-19-18(25)17(24)16(23)15(11-21)26-19;18-9-13-14(20)15(21)16(22)17(26-13)27-8-2-1-3-12(19)10-4-6-11(7-5-10)28(23,24)25;17-10(5-9-6-18-8-19-9)11(21)3-1-2-4-26-16-15(24)14(23)13(22)12(7-20)25-16;18-7-11-12(20)13(21)14(22)15(23-11)24-4-2-1-3-10(19)5-9-6-16-8-17-9;1-7(14)8(16)4-2-3-5-21-13-12(19)11(18)10(17)9(6-15)20-13;/h1-3,6-7,13,15-19,21,23-25H,4-5,8-11,20H2;4-7,13-18,20-22H,1-3,8-9H2,(H,23,24,25);6,8,10,12-16,20,22-24H,1-5,7,17H2,(H,18,19);6,8,11-15,18,20-22H,1-5,7H2,(H,16,17);7,9-13,15,17-19H,2-6,14H2,1H3;/q;;;;;+1/p-1/t13-,15?,16?,17?,18?,19?;;10-,12?,13?,14?,15?,16?;;7-,9?,10?,11?,12?,13?;/m1.1.1./s1. The van der Waals surface area contributed by atoms with Crippen molar-refractivity contribution in [2.75, 3.05) is 61.8 Å². The van der Waals surface area contributed by atoms with E-state index >= 15 is 0 Å². The van der Waals surface area contributed by atoms with E-state index in [1.165, 1.54) is 70.9 Å². The molecule has 7 heterocycles. The molecule has 5 aliphatic heterocycles. The molecule has 0 amide bonds. The van der Waals surface area contributed by atoms with Gasteiger partial charge in [-0.2, -0.15) is 0 Å². The predicted octanol–water partition coefficient (Wildman–Crippen LogP) is -7.31. The number of rotatable bonds is 46. The summed E-state index contributed by atoms with van der Waals surface area (Å²) in [7, 11) is -4.54. The number of Topliss-reactive ketones (excluding diaryl/α,β-unsaturated/α-hetero) is 5. The van der Waals surface area contributed by atoms with Crippen LogP contribution < -0.4 is 46.8 Å². The van der Waals surface area contributed by atoms with Crippen molar-refractivity contribution in [3.63, 3.8) is 0 Å². The number of unbranched alkanes of at least 4 members (excludes halogenated alkanes) is 5. The van der Waals surface area contributed by atoms with Gasteiger partial charge in [-0.3, -0.25) is 24.0 Å². The van der Waals surface area contributed by atoms with Crippen LogP contribution >= 0.6 is 58.8 Å². The quantitative estimate of drug-likeness (QED) is 0.00846. The number of aromatic amines is 2. The van der Waals surface area contributed by atoms with Gasteiger partial charge in [0.05, 0.1) is 68.7 Å². The van der Waals surface area contributed by atoms with Crippen molar-refractivity contribution in [2.45, 2.75) is 295 Å². The Kier molecular flexibility index (Phi) is 56.4. The first-order valence-corrected chi connectivity index (χ1v) is 48.1. The third-order valence-corrected chi connectivity index (χ3v) is 27.9. The molecule has 47 heteroatoms. The monoisotopic (exact) mass is 1930 g/mol. The molecule has 40 nitrogen and oxygen atoms in total. The topological polar surface area (TPSA) is 729 Å². The van der Waals surface area contributed by atoms with Crippen molar-refractivity contribution in [3.05, 3.63) is 102 Å². The van der Waals surface area contributed by atoms with Crippen LogP contribution in [0.2, 0.25) is 0 Å². The summed E-state index contributed by atoms with van der Waals surface area (Å²) in [5.74, 6) is 2.99. The van der Waals surface area contributed by atoms with E-state index < -0.39 is 211 Å². The fourth-order valence-electron chi connectivity index (χ4n) is 13.0. The number of nitrogens with one attached hydrogen (secondary N) is 2. The molecule has 28 N–H and O–H groups in total. The number of nitrogens with zero attached hydrogens (tertiary/aromatic N) is 2. The number of benzene rings is 2. The Morgan fingerprint density at radius 2 is 0.701 bits per heavy atom. The van der Waals surface area contributed by atoms with Crippen LogP contribution in [0, 0.1) is 0 Å². The van der Waals surface area contributed by atoms with Gasteiger partial charge in [0.15, 0.2) is 5.78 Å². The van der Waals surface area contributed by atoms with Gasteiger partial charge in [0.25, 0.3) is 0 Å². The zero-order chi connectivity index (χ0) is 93.3. The summed E-state index contributed by atoms with van der Waals surface area (Å²) in [6.07, 6.45) is -7.85. The first-order chi connectivity index (χ1) is 59.9. The maximum atomic E-state index is 12.1. The third-order valence-electron chi connectivity index (χ3n) is 20.8. The fourth-order valence-corrected chi connectivity index (χ4v) is 19.4. The zero-order valence-electron chi connectivity index (χ0n) is 70.8. The fraction of sp³-hybridized carbons (Fsp3) is 0.713. The molecule has 0 saturated carbocycles. The number of aliphatic hydroxyl groups is 20. The summed E-state index contributed by atoms with van der Waals surface area (Å²) in [5.41, 5.74) is 16.6. The largest absolute Gasteiger partial charge is 1.00 e. The van der Waals surface area contributed by atoms with Crippen LogP contribution in [0.15, 0.2) is 84.5 Å². The molecular formula is C80H128N7NaO33S6. The Labute approximate surface area is 780 Å². The first-order valence-electron chi connectivity index (χ1n) is 41.5. The number of imidazole rings is 2. The number of aliphatic hydroxyl groups excluding tert-OH is 20. The van der Waals surface area contributed by atoms with Crippen LogP contribution in [0.4, 0.5) is 0 Å². The Morgan fingerprint density at radius 3 is 1.00 bits per heavy atom. The minimum absolute atomic E-state index is 0. The molecule has 4 aromatic rings. The van der Waals surface area contributed by atoms with Crippen molar-refractivity contribution in [1.29, 1.82) is 0 Å². The Balaban J connectivity index is 0.000000333. The number of nitrogens with two attached hydrogens (primary N) is 3. The van der Waals surface area contributed by atoms with E-state index in [1.807, 2.05) is 30.3 Å². The van der Waals surface area contributed by atoms with Crippen LogP contribution in [0.1, 0.15) is 131 Å². The summed E-state index contributed by atoms with van der Waals surface area (Å²) in [4.78, 5) is 72.5. The number of ketones is 5. The maximum Gasteiger partial charge on any atom is 1.00 e. The molecular weight excluding hydrogens is 1800 g/mol. The second-order valence-electron chi connectivity index (χ2n) is 30.7. The van der Waals surface area contributed by atoms with Crippen molar-refractivity contribution in [2.24, 2.45) is 17.2 Å². The summed E-state index contributed by atoms with van der Waals surface area (Å²) >= 11 is 6.39. The van der Waals surface area contributed by atoms with Crippen LogP contribution in [-0.4, -0.2) is 393 Å². The Morgan fingerprint density at radius 1 is 0.402 bits per heavy atom. The molecule has 0 spiro atoms. The van der Waals surface area contributed by atoms with E-state index in [4.69, 9.17) is 61.3 Å². The average molecular weight is 1930 g/mol. The van der Waals surface area contributed by atoms with Crippen LogP contribution in [0.3, 0.4) is 0 Å². The molecule has 127 heavy (non-hydrogen) atoms. The van der Waals surface area contributed by atoms with Gasteiger partial charge in [-0.05, 0) is 124 Å². The van der Waals surface area contributed by atoms with Crippen LogP contribution in [0.5, 0.6) is 0 Å². The molecule has 0 aliphatic carbocycles. The van der Waals surface area contributed by atoms with Gasteiger partial charge in [0, 0.05) is 74.3 Å². The Hall–Kier alpha value is -3.25. The van der Waals surface area contributed by atoms with E-state index in [-0.39, 0.29) is 69.8 Å². The van der Waals surface area contributed by atoms with Crippen molar-refractivity contribution >= 4 is 97.8 Å². The third kappa shape index (κ3) is 39.5. The van der Waals surface area contributed by atoms with E-state index in [9.17, 15) is 119 Å². The SMILES string of the molecule is C[C@@H](N)C(=O)CCCCSC1OC(CO)C(O)C(O)C1O.N[C@H](Cc1ccccc1)C(=O)CCCCSC1OC(CO)C(O)C(O)C1O.N[C@H](Cc1cnc[nH]1)C(=O)CCCCSC1OC(CO)C(O)C(O)C1O.O=C(CCCCSC1OC(CO)C(O)C(O)C1O)Cc1cnc[nH]1.O=C(CCCCSC1OC(CO)C(O)C(O)C1O)c1ccc(S(=O)(=O)[O-])cc1.[Na+]. The van der Waals surface area contributed by atoms with Crippen molar-refractivity contribution in [3.8, 4) is 0 Å². The number of carbonyl (C=O) groups is 5. The number of H-pyrrole nitrogens is 2. The van der Waals surface area contributed by atoms with Gasteiger partial charge < -0.3 is 158 Å².